The van der Waals surface area contributed by atoms with E-state index in [-0.39, 0.29) is 48.4 Å². The van der Waals surface area contributed by atoms with Gasteiger partial charge in [-0.1, -0.05) is 35.0 Å². The zero-order chi connectivity index (χ0) is 24.9. The molecular weight excluding hydrogens is 512 g/mol. The molecule has 3 aliphatic rings. The summed E-state index contributed by atoms with van der Waals surface area (Å²) in [4.78, 5) is 54.3. The maximum Gasteiger partial charge on any atom is 0.316 e. The van der Waals surface area contributed by atoms with Gasteiger partial charge in [-0.15, -0.1) is 0 Å². The van der Waals surface area contributed by atoms with Gasteiger partial charge < -0.3 is 9.64 Å². The highest BCUT2D eigenvalue weighted by atomic mass is 79.9. The van der Waals surface area contributed by atoms with Gasteiger partial charge in [0.15, 0.2) is 0 Å². The van der Waals surface area contributed by atoms with E-state index in [1.165, 1.54) is 4.90 Å². The van der Waals surface area contributed by atoms with Crippen LogP contribution in [0.3, 0.4) is 0 Å². The number of aryl methyl sites for hydroxylation is 1. The molecule has 0 bridgehead atoms. The number of benzene rings is 2. The van der Waals surface area contributed by atoms with E-state index >= 15 is 0 Å². The fraction of sp³-hybridized carbons (Fsp3) is 0.333. The molecule has 2 aromatic carbocycles. The van der Waals surface area contributed by atoms with E-state index in [4.69, 9.17) is 4.74 Å². The molecule has 35 heavy (non-hydrogen) atoms. The standard InChI is InChI=1S/C27H25BrN2O5/c1-15-4-3-5-21-24(15)26(33)30(25(21)32)22-11-10-20(12-16(22)2)35-27(34)17-13-23(31)29(14-17)19-8-6-18(28)7-9-19/h3-4,6-12,15,17,21,24H,5,13-14H2,1-2H3/t15-,17-,21-,24-/m1/s1. The highest BCUT2D eigenvalue weighted by molar-refractivity contribution is 9.10. The molecule has 1 aliphatic carbocycles. The molecule has 4 atom stereocenters. The van der Waals surface area contributed by atoms with E-state index in [2.05, 4.69) is 15.9 Å². The van der Waals surface area contributed by atoms with Gasteiger partial charge in [-0.3, -0.25) is 19.2 Å². The third-order valence-corrected chi connectivity index (χ3v) is 7.63. The van der Waals surface area contributed by atoms with Crippen molar-refractivity contribution in [3.8, 4) is 5.75 Å². The molecule has 3 amide bonds. The molecule has 2 aromatic rings. The number of ether oxygens (including phenoxy) is 1. The Labute approximate surface area is 211 Å². The normalized spacial score (nSPS) is 25.9. The fourth-order valence-electron chi connectivity index (χ4n) is 5.26. The van der Waals surface area contributed by atoms with Crippen LogP contribution in [-0.4, -0.2) is 30.2 Å². The average Bonchev–Trinajstić information content (AvgIpc) is 3.33. The number of amides is 3. The Hall–Kier alpha value is -3.26. The second-order valence-electron chi connectivity index (χ2n) is 9.42. The fourth-order valence-corrected chi connectivity index (χ4v) is 5.53. The number of nitrogens with zero attached hydrogens (tertiary/aromatic N) is 2. The van der Waals surface area contributed by atoms with Crippen LogP contribution in [0, 0.1) is 30.6 Å². The van der Waals surface area contributed by atoms with Crippen LogP contribution in [0.25, 0.3) is 0 Å². The number of esters is 1. The number of hydrogen-bond acceptors (Lipinski definition) is 5. The lowest BCUT2D eigenvalue weighted by Crippen LogP contribution is -2.32. The van der Waals surface area contributed by atoms with Gasteiger partial charge in [0.25, 0.3) is 0 Å². The van der Waals surface area contributed by atoms with Crippen molar-refractivity contribution in [3.05, 3.63) is 64.7 Å². The van der Waals surface area contributed by atoms with Crippen LogP contribution < -0.4 is 14.5 Å². The van der Waals surface area contributed by atoms with Crippen molar-refractivity contribution >= 4 is 51.0 Å². The summed E-state index contributed by atoms with van der Waals surface area (Å²) < 4.78 is 6.50. The molecule has 0 radical (unpaired) electrons. The third-order valence-electron chi connectivity index (χ3n) is 7.10. The molecule has 180 valence electrons. The Kier molecular flexibility index (Phi) is 6.09. The van der Waals surface area contributed by atoms with E-state index in [0.29, 0.717) is 23.4 Å². The summed E-state index contributed by atoms with van der Waals surface area (Å²) in [5.74, 6) is -1.87. The zero-order valence-corrected chi connectivity index (χ0v) is 21.0. The molecule has 2 aliphatic heterocycles. The van der Waals surface area contributed by atoms with Crippen LogP contribution >= 0.6 is 15.9 Å². The molecule has 2 fully saturated rings. The first kappa shape index (κ1) is 23.5. The quantitative estimate of drug-likeness (QED) is 0.250. The summed E-state index contributed by atoms with van der Waals surface area (Å²) in [5.41, 5.74) is 1.91. The topological polar surface area (TPSA) is 84.0 Å². The van der Waals surface area contributed by atoms with Gasteiger partial charge in [-0.2, -0.15) is 0 Å². The van der Waals surface area contributed by atoms with Crippen molar-refractivity contribution in [2.24, 2.45) is 23.7 Å². The number of allylic oxidation sites excluding steroid dienone is 2. The van der Waals surface area contributed by atoms with Crippen molar-refractivity contribution < 1.29 is 23.9 Å². The highest BCUT2D eigenvalue weighted by Gasteiger charge is 2.50. The molecule has 0 unspecified atom stereocenters. The SMILES string of the molecule is Cc1cc(OC(=O)[C@@H]2CC(=O)N(c3ccc(Br)cc3)C2)ccc1N1C(=O)[C@@H]2[C@H](C)C=CC[C@H]2C1=O. The molecule has 7 nitrogen and oxygen atoms in total. The van der Waals surface area contributed by atoms with Crippen LogP contribution in [0.5, 0.6) is 5.75 Å². The van der Waals surface area contributed by atoms with E-state index in [9.17, 15) is 19.2 Å². The number of fused-ring (bicyclic) bond motifs is 1. The molecule has 2 heterocycles. The van der Waals surface area contributed by atoms with Gasteiger partial charge in [0, 0.05) is 23.1 Å². The number of halogens is 1. The Bertz CT molecular complexity index is 1250. The molecule has 0 saturated carbocycles. The maximum atomic E-state index is 13.1. The van der Waals surface area contributed by atoms with Crippen molar-refractivity contribution in [1.29, 1.82) is 0 Å². The second kappa shape index (κ2) is 9.07. The number of rotatable bonds is 4. The smallest absolute Gasteiger partial charge is 0.316 e. The van der Waals surface area contributed by atoms with Gasteiger partial charge >= 0.3 is 5.97 Å². The Morgan fingerprint density at radius 2 is 1.80 bits per heavy atom. The minimum Gasteiger partial charge on any atom is -0.426 e. The van der Waals surface area contributed by atoms with Gasteiger partial charge in [0.05, 0.1) is 23.4 Å². The predicted molar refractivity (Wildman–Crippen MR) is 134 cm³/mol. The first-order valence-corrected chi connectivity index (χ1v) is 12.5. The summed E-state index contributed by atoms with van der Waals surface area (Å²) in [6, 6.07) is 12.2. The molecule has 8 heteroatoms. The van der Waals surface area contributed by atoms with Crippen molar-refractivity contribution in [2.45, 2.75) is 26.7 Å². The van der Waals surface area contributed by atoms with E-state index in [1.807, 2.05) is 43.3 Å². The van der Waals surface area contributed by atoms with Gasteiger partial charge in [-0.25, -0.2) is 4.90 Å². The van der Waals surface area contributed by atoms with E-state index < -0.39 is 11.9 Å². The van der Waals surface area contributed by atoms with Crippen LogP contribution in [0.1, 0.15) is 25.3 Å². The lowest BCUT2D eigenvalue weighted by molar-refractivity contribution is -0.139. The Morgan fingerprint density at radius 1 is 1.06 bits per heavy atom. The summed E-state index contributed by atoms with van der Waals surface area (Å²) in [6.07, 6.45) is 4.62. The number of anilines is 2. The third kappa shape index (κ3) is 4.20. The number of carbonyl (C=O) groups is 4. The first-order chi connectivity index (χ1) is 16.7. The maximum absolute atomic E-state index is 13.1. The lowest BCUT2D eigenvalue weighted by Gasteiger charge is -2.22. The Morgan fingerprint density at radius 3 is 2.49 bits per heavy atom. The second-order valence-corrected chi connectivity index (χ2v) is 10.3. The molecule has 0 aromatic heterocycles. The van der Waals surface area contributed by atoms with E-state index in [1.54, 1.807) is 30.0 Å². The van der Waals surface area contributed by atoms with E-state index in [0.717, 1.165) is 10.2 Å². The molecular formula is C27H25BrN2O5. The zero-order valence-electron chi connectivity index (χ0n) is 19.4. The van der Waals surface area contributed by atoms with Crippen LogP contribution in [0.15, 0.2) is 59.1 Å². The Balaban J connectivity index is 1.28. The largest absolute Gasteiger partial charge is 0.426 e. The summed E-state index contributed by atoms with van der Waals surface area (Å²) >= 11 is 3.38. The highest BCUT2D eigenvalue weighted by Crippen LogP contribution is 2.41. The first-order valence-electron chi connectivity index (χ1n) is 11.7. The predicted octanol–water partition coefficient (Wildman–Crippen LogP) is 4.42. The number of carbonyl (C=O) groups excluding carboxylic acids is 4. The van der Waals surface area contributed by atoms with Crippen LogP contribution in [0.2, 0.25) is 0 Å². The summed E-state index contributed by atoms with van der Waals surface area (Å²) in [5, 5.41) is 0. The molecule has 0 spiro atoms. The van der Waals surface area contributed by atoms with Gasteiger partial charge in [-0.05, 0) is 67.3 Å². The van der Waals surface area contributed by atoms with Gasteiger partial charge in [0.2, 0.25) is 17.7 Å². The lowest BCUT2D eigenvalue weighted by atomic mass is 9.78. The molecule has 2 saturated heterocycles. The van der Waals surface area contributed by atoms with Crippen molar-refractivity contribution in [3.63, 3.8) is 0 Å². The monoisotopic (exact) mass is 536 g/mol. The minimum atomic E-state index is -0.579. The number of hydrogen-bond donors (Lipinski definition) is 0. The molecule has 5 rings (SSSR count). The molecule has 0 N–H and O–H groups in total. The van der Waals surface area contributed by atoms with Crippen LogP contribution in [-0.2, 0) is 19.2 Å². The minimum absolute atomic E-state index is 0.0156. The summed E-state index contributed by atoms with van der Waals surface area (Å²) in [7, 11) is 0. The van der Waals surface area contributed by atoms with Gasteiger partial charge in [0.1, 0.15) is 5.75 Å². The van der Waals surface area contributed by atoms with Crippen LogP contribution in [0.4, 0.5) is 11.4 Å². The summed E-state index contributed by atoms with van der Waals surface area (Å²) in [6.45, 7) is 4.00. The average molecular weight is 537 g/mol. The van der Waals surface area contributed by atoms with Crippen molar-refractivity contribution in [2.75, 3.05) is 16.3 Å². The van der Waals surface area contributed by atoms with Crippen molar-refractivity contribution in [1.82, 2.24) is 0 Å². The number of imide groups is 1.